The Morgan fingerprint density at radius 2 is 1.88 bits per heavy atom. The van der Waals surface area contributed by atoms with Crippen LogP contribution in [0.5, 0.6) is 5.75 Å². The SMILES string of the molecule is COc1ccc(C(CNC(=O)C2CCCCN2)N2CCCC2)cc1.Cl.Cl. The lowest BCUT2D eigenvalue weighted by Crippen LogP contribution is -2.48. The molecule has 0 saturated carbocycles. The second-order valence-electron chi connectivity index (χ2n) is 6.78. The van der Waals surface area contributed by atoms with Gasteiger partial charge in [-0.2, -0.15) is 0 Å². The summed E-state index contributed by atoms with van der Waals surface area (Å²) < 4.78 is 5.26. The minimum absolute atomic E-state index is 0. The van der Waals surface area contributed by atoms with Gasteiger partial charge in [0, 0.05) is 6.54 Å². The van der Waals surface area contributed by atoms with Crippen molar-refractivity contribution in [2.45, 2.75) is 44.2 Å². The second kappa shape index (κ2) is 11.7. The highest BCUT2D eigenvalue weighted by Crippen LogP contribution is 2.26. The minimum atomic E-state index is -0.0196. The highest BCUT2D eigenvalue weighted by molar-refractivity contribution is 5.85. The first kappa shape index (κ1) is 23.0. The van der Waals surface area contributed by atoms with E-state index in [-0.39, 0.29) is 42.8 Å². The maximum Gasteiger partial charge on any atom is 0.237 e. The number of carbonyl (C=O) groups excluding carboxylic acids is 1. The summed E-state index contributed by atoms with van der Waals surface area (Å²) in [5.41, 5.74) is 1.25. The van der Waals surface area contributed by atoms with Gasteiger partial charge in [0.25, 0.3) is 0 Å². The average molecular weight is 404 g/mol. The van der Waals surface area contributed by atoms with E-state index < -0.39 is 0 Å². The molecule has 2 N–H and O–H groups in total. The van der Waals surface area contributed by atoms with Crippen LogP contribution in [0.3, 0.4) is 0 Å². The van der Waals surface area contributed by atoms with Crippen LogP contribution in [-0.2, 0) is 4.79 Å². The maximum absolute atomic E-state index is 12.4. The number of hydrogen-bond acceptors (Lipinski definition) is 4. The Hall–Kier alpha value is -1.01. The molecule has 2 saturated heterocycles. The molecule has 5 nitrogen and oxygen atoms in total. The Kier molecular flexibility index (Phi) is 10.3. The van der Waals surface area contributed by atoms with Crippen LogP contribution in [0.2, 0.25) is 0 Å². The number of piperidine rings is 1. The number of likely N-dealkylation sites (tertiary alicyclic amines) is 1. The van der Waals surface area contributed by atoms with Gasteiger partial charge >= 0.3 is 0 Å². The molecule has 2 heterocycles. The van der Waals surface area contributed by atoms with E-state index in [1.54, 1.807) is 7.11 Å². The van der Waals surface area contributed by atoms with Gasteiger partial charge in [-0.3, -0.25) is 9.69 Å². The van der Waals surface area contributed by atoms with E-state index in [1.807, 2.05) is 12.1 Å². The van der Waals surface area contributed by atoms with Crippen molar-refractivity contribution in [2.24, 2.45) is 0 Å². The fraction of sp³-hybridized carbons (Fsp3) is 0.632. The molecule has 1 aromatic carbocycles. The van der Waals surface area contributed by atoms with Gasteiger partial charge in [-0.1, -0.05) is 18.6 Å². The Bertz CT molecular complexity index is 530. The summed E-state index contributed by atoms with van der Waals surface area (Å²) in [6.45, 7) is 3.83. The number of amides is 1. The Morgan fingerprint density at radius 1 is 1.19 bits per heavy atom. The first-order valence-electron chi connectivity index (χ1n) is 9.17. The number of ether oxygens (including phenoxy) is 1. The molecule has 1 amide bonds. The van der Waals surface area contributed by atoms with Crippen molar-refractivity contribution in [2.75, 3.05) is 33.3 Å². The van der Waals surface area contributed by atoms with Gasteiger partial charge in [0.15, 0.2) is 0 Å². The molecule has 26 heavy (non-hydrogen) atoms. The molecule has 2 aliphatic heterocycles. The number of halogens is 2. The molecule has 0 aliphatic carbocycles. The largest absolute Gasteiger partial charge is 0.497 e. The van der Waals surface area contributed by atoms with Crippen LogP contribution in [0.1, 0.15) is 43.7 Å². The van der Waals surface area contributed by atoms with Gasteiger partial charge in [-0.25, -0.2) is 0 Å². The summed E-state index contributed by atoms with van der Waals surface area (Å²) in [6, 6.07) is 8.46. The number of benzene rings is 1. The number of methoxy groups -OCH3 is 1. The van der Waals surface area contributed by atoms with Gasteiger partial charge in [-0.05, 0) is 63.0 Å². The molecule has 3 rings (SSSR count). The molecular formula is C19H31Cl2N3O2. The second-order valence-corrected chi connectivity index (χ2v) is 6.78. The van der Waals surface area contributed by atoms with Crippen molar-refractivity contribution in [1.29, 1.82) is 0 Å². The van der Waals surface area contributed by atoms with Crippen molar-refractivity contribution < 1.29 is 9.53 Å². The minimum Gasteiger partial charge on any atom is -0.497 e. The Morgan fingerprint density at radius 3 is 2.46 bits per heavy atom. The summed E-state index contributed by atoms with van der Waals surface area (Å²) in [5.74, 6) is 1.02. The molecule has 0 aromatic heterocycles. The fourth-order valence-electron chi connectivity index (χ4n) is 3.73. The van der Waals surface area contributed by atoms with E-state index in [0.717, 1.165) is 38.2 Å². The molecule has 0 bridgehead atoms. The standard InChI is InChI=1S/C19H29N3O2.2ClH/c1-24-16-9-7-15(8-10-16)18(22-12-4-5-13-22)14-21-19(23)17-6-2-3-11-20-17;;/h7-10,17-18,20H,2-6,11-14H2,1H3,(H,21,23);2*1H. The molecule has 2 unspecified atom stereocenters. The number of rotatable bonds is 6. The highest BCUT2D eigenvalue weighted by Gasteiger charge is 2.26. The summed E-state index contributed by atoms with van der Waals surface area (Å²) >= 11 is 0. The van der Waals surface area contributed by atoms with E-state index in [4.69, 9.17) is 4.74 Å². The zero-order valence-electron chi connectivity index (χ0n) is 15.4. The molecule has 7 heteroatoms. The lowest BCUT2D eigenvalue weighted by Gasteiger charge is -2.30. The van der Waals surface area contributed by atoms with Crippen LogP contribution in [0, 0.1) is 0 Å². The zero-order valence-corrected chi connectivity index (χ0v) is 17.0. The van der Waals surface area contributed by atoms with E-state index in [2.05, 4.69) is 27.7 Å². The predicted molar refractivity (Wildman–Crippen MR) is 110 cm³/mol. The first-order valence-corrected chi connectivity index (χ1v) is 9.17. The van der Waals surface area contributed by atoms with Crippen LogP contribution < -0.4 is 15.4 Å². The molecule has 0 radical (unpaired) electrons. The number of nitrogens with one attached hydrogen (secondary N) is 2. The summed E-state index contributed by atoms with van der Waals surface area (Å²) in [6.07, 6.45) is 5.74. The van der Waals surface area contributed by atoms with Gasteiger partial charge < -0.3 is 15.4 Å². The van der Waals surface area contributed by atoms with Crippen molar-refractivity contribution >= 4 is 30.7 Å². The third-order valence-corrected chi connectivity index (χ3v) is 5.18. The lowest BCUT2D eigenvalue weighted by molar-refractivity contribution is -0.123. The van der Waals surface area contributed by atoms with Gasteiger partial charge in [-0.15, -0.1) is 24.8 Å². The quantitative estimate of drug-likeness (QED) is 0.766. The van der Waals surface area contributed by atoms with Crippen LogP contribution in [0.4, 0.5) is 0 Å². The maximum atomic E-state index is 12.4. The normalized spacial score (nSPS) is 21.2. The van der Waals surface area contributed by atoms with E-state index in [9.17, 15) is 4.79 Å². The topological polar surface area (TPSA) is 53.6 Å². The molecule has 2 fully saturated rings. The van der Waals surface area contributed by atoms with Crippen molar-refractivity contribution in [3.05, 3.63) is 29.8 Å². The highest BCUT2D eigenvalue weighted by atomic mass is 35.5. The van der Waals surface area contributed by atoms with Gasteiger partial charge in [0.1, 0.15) is 5.75 Å². The lowest BCUT2D eigenvalue weighted by atomic mass is 10.0. The Balaban J connectivity index is 0.00000169. The van der Waals surface area contributed by atoms with Crippen LogP contribution in [0.25, 0.3) is 0 Å². The molecular weight excluding hydrogens is 373 g/mol. The zero-order chi connectivity index (χ0) is 16.8. The predicted octanol–water partition coefficient (Wildman–Crippen LogP) is 2.93. The van der Waals surface area contributed by atoms with E-state index >= 15 is 0 Å². The molecule has 2 atom stereocenters. The van der Waals surface area contributed by atoms with E-state index in [1.165, 1.54) is 24.8 Å². The smallest absolute Gasteiger partial charge is 0.237 e. The first-order chi connectivity index (χ1) is 11.8. The summed E-state index contributed by atoms with van der Waals surface area (Å²) in [4.78, 5) is 14.9. The molecule has 1 aromatic rings. The Labute approximate surface area is 169 Å². The van der Waals surface area contributed by atoms with E-state index in [0.29, 0.717) is 6.54 Å². The molecule has 148 valence electrons. The van der Waals surface area contributed by atoms with Crippen LogP contribution in [0.15, 0.2) is 24.3 Å². The van der Waals surface area contributed by atoms with Crippen molar-refractivity contribution in [3.63, 3.8) is 0 Å². The number of carbonyl (C=O) groups is 1. The third-order valence-electron chi connectivity index (χ3n) is 5.18. The average Bonchev–Trinajstić information content (AvgIpc) is 3.17. The van der Waals surface area contributed by atoms with Crippen LogP contribution >= 0.6 is 24.8 Å². The molecule has 2 aliphatic rings. The van der Waals surface area contributed by atoms with Crippen molar-refractivity contribution in [3.8, 4) is 5.75 Å². The summed E-state index contributed by atoms with van der Waals surface area (Å²) in [5, 5.41) is 6.51. The number of nitrogens with zero attached hydrogens (tertiary/aromatic N) is 1. The van der Waals surface area contributed by atoms with Crippen LogP contribution in [-0.4, -0.2) is 50.1 Å². The fourth-order valence-corrected chi connectivity index (χ4v) is 3.73. The van der Waals surface area contributed by atoms with Gasteiger partial charge in [0.05, 0.1) is 19.2 Å². The molecule has 0 spiro atoms. The van der Waals surface area contributed by atoms with Crippen molar-refractivity contribution in [1.82, 2.24) is 15.5 Å². The number of hydrogen-bond donors (Lipinski definition) is 2. The third kappa shape index (κ3) is 6.02. The summed E-state index contributed by atoms with van der Waals surface area (Å²) in [7, 11) is 1.68. The monoisotopic (exact) mass is 403 g/mol. The van der Waals surface area contributed by atoms with Gasteiger partial charge in [0.2, 0.25) is 5.91 Å².